The first-order chi connectivity index (χ1) is 50.7. The van der Waals surface area contributed by atoms with Crippen LogP contribution in [0.15, 0.2) is 0 Å². The first-order valence-electron chi connectivity index (χ1n) is 38.6. The van der Waals surface area contributed by atoms with E-state index in [1.165, 1.54) is 83.5 Å². The Labute approximate surface area is 620 Å². The lowest BCUT2D eigenvalue weighted by molar-refractivity contribution is -0.392. The lowest BCUT2D eigenvalue weighted by Gasteiger charge is -2.52. The quantitative estimate of drug-likeness (QED) is 0.0270. The van der Waals surface area contributed by atoms with Crippen LogP contribution in [0.5, 0.6) is 0 Å². The number of aliphatic hydroxyl groups excluding tert-OH is 19. The van der Waals surface area contributed by atoms with E-state index >= 15 is 0 Å². The molecule has 5 fully saturated rings. The summed E-state index contributed by atoms with van der Waals surface area (Å²) < 4.78 is 58.1. The maximum atomic E-state index is 13.8. The molecule has 35 heteroatoms. The monoisotopic (exact) mass is 1540 g/mol. The number of unbranched alkanes of at least 4 members (excludes halogenated alkanes) is 24. The first kappa shape index (κ1) is 93.8. The summed E-state index contributed by atoms with van der Waals surface area (Å²) in [6.07, 6.45) is -27.2. The largest absolute Gasteiger partial charge is 0.477 e. The molecular weight excluding hydrogens is 1410 g/mol. The minimum absolute atomic E-state index is 0.0965. The minimum Gasteiger partial charge on any atom is -0.477 e. The molecule has 5 aliphatic rings. The molecule has 5 heterocycles. The smallest absolute Gasteiger partial charge is 0.364 e. The fourth-order valence-electron chi connectivity index (χ4n) is 14.3. The topological polar surface area (TPSA) is 572 Å². The van der Waals surface area contributed by atoms with Gasteiger partial charge in [-0.25, -0.2) is 4.79 Å². The summed E-state index contributed by atoms with van der Waals surface area (Å²) in [5.41, 5.74) is 0. The Morgan fingerprint density at radius 2 is 0.915 bits per heavy atom. The van der Waals surface area contributed by atoms with E-state index in [2.05, 4.69) is 24.5 Å². The Morgan fingerprint density at radius 3 is 1.42 bits per heavy atom. The molecule has 106 heavy (non-hydrogen) atoms. The van der Waals surface area contributed by atoms with Crippen molar-refractivity contribution in [1.82, 2.24) is 10.6 Å². The molecule has 35 nitrogen and oxygen atoms in total. The summed E-state index contributed by atoms with van der Waals surface area (Å²) in [6.45, 7) is -0.924. The molecule has 0 aromatic rings. The van der Waals surface area contributed by atoms with E-state index in [1.54, 1.807) is 0 Å². The highest BCUT2D eigenvalue weighted by Gasteiger charge is 2.62. The number of aliphatic carboxylic acids is 1. The Bertz CT molecular complexity index is 2400. The number of carbonyl (C=O) groups excluding carboxylic acids is 2. The van der Waals surface area contributed by atoms with Crippen molar-refractivity contribution in [2.45, 2.75) is 390 Å². The maximum Gasteiger partial charge on any atom is 0.364 e. The average molecular weight is 1540 g/mol. The van der Waals surface area contributed by atoms with Crippen molar-refractivity contribution in [3.8, 4) is 0 Å². The fraction of sp³-hybridized carbons (Fsp3) is 0.958. The van der Waals surface area contributed by atoms with Crippen molar-refractivity contribution in [3.05, 3.63) is 0 Å². The van der Waals surface area contributed by atoms with Gasteiger partial charge in [0.05, 0.1) is 63.9 Å². The molecule has 0 spiro atoms. The van der Waals surface area contributed by atoms with Crippen LogP contribution < -0.4 is 10.6 Å². The molecule has 2 amide bonds. The predicted octanol–water partition coefficient (Wildman–Crippen LogP) is -3.02. The van der Waals surface area contributed by atoms with Gasteiger partial charge in [0.15, 0.2) is 25.2 Å². The van der Waals surface area contributed by atoms with E-state index in [0.717, 1.165) is 77.6 Å². The highest BCUT2D eigenvalue weighted by molar-refractivity contribution is 5.80. The Hall–Kier alpha value is -2.75. The third kappa shape index (κ3) is 27.8. The molecule has 0 radical (unpaired) electrons. The van der Waals surface area contributed by atoms with Gasteiger partial charge >= 0.3 is 5.97 Å². The normalized spacial score (nSPS) is 34.9. The summed E-state index contributed by atoms with van der Waals surface area (Å²) in [7, 11) is 0. The number of ether oxygens (including phenoxy) is 10. The van der Waals surface area contributed by atoms with E-state index in [9.17, 15) is 117 Å². The molecule has 5 rings (SSSR count). The van der Waals surface area contributed by atoms with Crippen LogP contribution in [0.1, 0.15) is 207 Å². The molecule has 5 aliphatic heterocycles. The number of carbonyl (C=O) groups is 3. The van der Waals surface area contributed by atoms with Crippen LogP contribution in [-0.4, -0.2) is 343 Å². The standard InChI is InChI=1S/C71H130N2O33/c1-4-6-8-10-12-14-16-17-18-19-20-21-23-25-27-29-31-42(81)65(94)73-40(50(84)41(80)30-28-26-24-22-15-13-11-9-7-5-2)38-97-66-56(90)54(88)61(47(36-77)100-66)103-67-58(92)55(89)62(48(37-78)101-67)105-71(70(95)96)32-45(49(72-39(3)79)63(106-71)51(85)43(82)33-74)98-69-59(93)64(52(86)46(35-76)99-69)104-68-57(91)53(87)60(102-68)44(83)34-75/h40-64,66-69,74-78,80-93H,4-38H2,1-3H3,(H,72,79)(H,73,94)(H,95,96)/t40-,41+,42+,43+,44-,45-,46+,47+,48+,49+,50-,51+,52-,53+,54+,55+,56+,57+,58+,59+,60-,61+,62-,63+,64-,66+,67-,68-,69-,71+/m0/s1. The summed E-state index contributed by atoms with van der Waals surface area (Å²) in [6, 6.07) is -3.33. The van der Waals surface area contributed by atoms with E-state index < -0.39 is 247 Å². The van der Waals surface area contributed by atoms with E-state index in [0.29, 0.717) is 12.8 Å². The Balaban J connectivity index is 1.28. The van der Waals surface area contributed by atoms with E-state index in [4.69, 9.17) is 47.4 Å². The molecule has 622 valence electrons. The lowest BCUT2D eigenvalue weighted by atomic mass is 9.87. The third-order valence-electron chi connectivity index (χ3n) is 20.7. The van der Waals surface area contributed by atoms with Gasteiger partial charge in [0.1, 0.15) is 128 Å². The minimum atomic E-state index is -3.37. The zero-order chi connectivity index (χ0) is 78.2. The van der Waals surface area contributed by atoms with Crippen LogP contribution in [0.4, 0.5) is 0 Å². The van der Waals surface area contributed by atoms with Gasteiger partial charge in [-0.2, -0.15) is 0 Å². The molecule has 0 saturated carbocycles. The van der Waals surface area contributed by atoms with E-state index in [-0.39, 0.29) is 12.8 Å². The van der Waals surface area contributed by atoms with Gasteiger partial charge in [0.25, 0.3) is 5.79 Å². The van der Waals surface area contributed by atoms with Gasteiger partial charge < -0.3 is 160 Å². The molecule has 0 bridgehead atoms. The summed E-state index contributed by atoms with van der Waals surface area (Å²) >= 11 is 0. The third-order valence-corrected chi connectivity index (χ3v) is 20.7. The first-order valence-corrected chi connectivity index (χ1v) is 38.6. The van der Waals surface area contributed by atoms with Crippen molar-refractivity contribution in [2.24, 2.45) is 0 Å². The van der Waals surface area contributed by atoms with Crippen molar-refractivity contribution < 1.29 is 164 Å². The number of amides is 2. The zero-order valence-electron chi connectivity index (χ0n) is 61.7. The number of hydrogen-bond acceptors (Lipinski definition) is 32. The van der Waals surface area contributed by atoms with Gasteiger partial charge in [-0.15, -0.1) is 0 Å². The van der Waals surface area contributed by atoms with Crippen LogP contribution in [0.25, 0.3) is 0 Å². The second-order valence-corrected chi connectivity index (χ2v) is 29.2. The Kier molecular flexibility index (Phi) is 43.4. The lowest BCUT2D eigenvalue weighted by Crippen LogP contribution is -2.72. The molecule has 30 atom stereocenters. The van der Waals surface area contributed by atoms with Gasteiger partial charge in [0, 0.05) is 13.3 Å². The van der Waals surface area contributed by atoms with Crippen molar-refractivity contribution in [2.75, 3.05) is 39.6 Å². The molecule has 0 aromatic carbocycles. The molecule has 22 N–H and O–H groups in total. The van der Waals surface area contributed by atoms with Crippen LogP contribution in [0, 0.1) is 0 Å². The SMILES string of the molecule is CCCCCCCCCCCCCCCCCC[C@@H](O)C(=O)N[C@@H](CO[C@@H]1O[C@H](CO)[C@@H](O[C@@H]2O[C@H](CO)[C@H](O[C@]3(C(=O)O)C[C@H](O[C@H]4O[C@H](CO)[C@H](O)[C@H](O[C@@H]5O[C@@H]([C@@H](O)CO)[C@H](O)[C@H]5O)[C@H]4O)[C@@H](NC(C)=O)[C@H]([C@H](O)[C@H](O)CO)O3)[C@H](O)[C@H]2O)[C@H](O)[C@H]1O)[C@H](O)[C@H](O)CCCCCCCCCCCC. The number of carboxylic acids is 1. The fourth-order valence-corrected chi connectivity index (χ4v) is 14.3. The number of carboxylic acid groups (broad SMARTS) is 1. The molecular formula is C71H130N2O33. The number of aliphatic hydroxyl groups is 19. The maximum absolute atomic E-state index is 13.8. The van der Waals surface area contributed by atoms with Gasteiger partial charge in [-0.05, 0) is 12.8 Å². The molecule has 5 saturated heterocycles. The van der Waals surface area contributed by atoms with Crippen molar-refractivity contribution in [1.29, 1.82) is 0 Å². The Morgan fingerprint density at radius 1 is 0.472 bits per heavy atom. The van der Waals surface area contributed by atoms with Crippen LogP contribution in [0.3, 0.4) is 0 Å². The van der Waals surface area contributed by atoms with Crippen LogP contribution in [0.2, 0.25) is 0 Å². The summed E-state index contributed by atoms with van der Waals surface area (Å²) in [4.78, 5) is 40.3. The second kappa shape index (κ2) is 49.0. The van der Waals surface area contributed by atoms with Gasteiger partial charge in [-0.3, -0.25) is 9.59 Å². The van der Waals surface area contributed by atoms with Crippen LogP contribution in [-0.2, 0) is 61.8 Å². The average Bonchev–Trinajstić information content (AvgIpc) is 0.812. The van der Waals surface area contributed by atoms with Gasteiger partial charge in [0.2, 0.25) is 11.8 Å². The van der Waals surface area contributed by atoms with Crippen molar-refractivity contribution in [3.63, 3.8) is 0 Å². The predicted molar refractivity (Wildman–Crippen MR) is 370 cm³/mol. The van der Waals surface area contributed by atoms with Crippen LogP contribution >= 0.6 is 0 Å². The number of rotatable bonds is 53. The van der Waals surface area contributed by atoms with E-state index in [1.807, 2.05) is 0 Å². The number of hydrogen-bond donors (Lipinski definition) is 22. The molecule has 0 unspecified atom stereocenters. The van der Waals surface area contributed by atoms with Gasteiger partial charge in [-0.1, -0.05) is 181 Å². The summed E-state index contributed by atoms with van der Waals surface area (Å²) in [5.74, 6) is -7.34. The number of nitrogens with one attached hydrogen (secondary N) is 2. The molecule has 0 aromatic heterocycles. The van der Waals surface area contributed by atoms with Crippen molar-refractivity contribution >= 4 is 17.8 Å². The highest BCUT2D eigenvalue weighted by atomic mass is 16.8. The highest BCUT2D eigenvalue weighted by Crippen LogP contribution is 2.41. The zero-order valence-corrected chi connectivity index (χ0v) is 61.7. The summed E-state index contributed by atoms with van der Waals surface area (Å²) in [5, 5.41) is 225. The molecule has 0 aliphatic carbocycles. The second-order valence-electron chi connectivity index (χ2n) is 29.2.